The van der Waals surface area contributed by atoms with E-state index in [-0.39, 0.29) is 27.4 Å². The summed E-state index contributed by atoms with van der Waals surface area (Å²) >= 11 is 8.77. The molecule has 0 unspecified atom stereocenters. The van der Waals surface area contributed by atoms with Crippen molar-refractivity contribution >= 4 is 33.2 Å². The van der Waals surface area contributed by atoms with Crippen LogP contribution in [0.4, 0.5) is 5.69 Å². The van der Waals surface area contributed by atoms with Crippen LogP contribution in [0.15, 0.2) is 39.9 Å². The van der Waals surface area contributed by atoms with E-state index in [9.17, 15) is 14.9 Å². The van der Waals surface area contributed by atoms with Crippen molar-refractivity contribution in [3.05, 3.63) is 66.3 Å². The zero-order valence-electron chi connectivity index (χ0n) is 10.1. The molecular weight excluding hydrogens is 350 g/mol. The summed E-state index contributed by atoms with van der Waals surface area (Å²) in [6, 6.07) is 6.44. The normalized spacial score (nSPS) is 10.5. The second kappa shape index (κ2) is 6.15. The average Bonchev–Trinajstić information content (AvgIpc) is 2.44. The van der Waals surface area contributed by atoms with E-state index in [1.807, 2.05) is 0 Å². The third kappa shape index (κ3) is 3.05. The highest BCUT2D eigenvalue weighted by Gasteiger charge is 2.13. The lowest BCUT2D eigenvalue weighted by molar-refractivity contribution is -0.385. The monoisotopic (exact) mass is 357 g/mol. The molecule has 0 bridgehead atoms. The van der Waals surface area contributed by atoms with Gasteiger partial charge in [-0.2, -0.15) is 0 Å². The van der Waals surface area contributed by atoms with Gasteiger partial charge in [0.2, 0.25) is 0 Å². The Balaban J connectivity index is 2.24. The maximum absolute atomic E-state index is 11.9. The largest absolute Gasteiger partial charge is 0.298 e. The zero-order valence-corrected chi connectivity index (χ0v) is 12.5. The minimum Gasteiger partial charge on any atom is -0.298 e. The van der Waals surface area contributed by atoms with Crippen molar-refractivity contribution < 1.29 is 4.92 Å². The van der Waals surface area contributed by atoms with E-state index in [1.165, 1.54) is 17.0 Å². The van der Waals surface area contributed by atoms with Crippen LogP contribution >= 0.6 is 27.5 Å². The van der Waals surface area contributed by atoms with Crippen LogP contribution < -0.4 is 5.56 Å². The topological polar surface area (TPSA) is 78.0 Å². The fourth-order valence-corrected chi connectivity index (χ4v) is 2.20. The van der Waals surface area contributed by atoms with Gasteiger partial charge in [-0.05, 0) is 22.4 Å². The summed E-state index contributed by atoms with van der Waals surface area (Å²) < 4.78 is 1.54. The fraction of sp³-hybridized carbons (Fsp3) is 0.167. The van der Waals surface area contributed by atoms with Gasteiger partial charge in [-0.15, -0.1) is 0 Å². The number of aryl methyl sites for hydroxylation is 2. The van der Waals surface area contributed by atoms with Gasteiger partial charge in [-0.1, -0.05) is 29.8 Å². The number of rotatable bonds is 4. The van der Waals surface area contributed by atoms with Gasteiger partial charge in [0.15, 0.2) is 5.15 Å². The molecule has 20 heavy (non-hydrogen) atoms. The molecule has 0 spiro atoms. The summed E-state index contributed by atoms with van der Waals surface area (Å²) in [4.78, 5) is 26.2. The first-order chi connectivity index (χ1) is 9.50. The third-order valence-corrected chi connectivity index (χ3v) is 3.98. The summed E-state index contributed by atoms with van der Waals surface area (Å²) in [7, 11) is 0. The van der Waals surface area contributed by atoms with E-state index in [4.69, 9.17) is 11.6 Å². The van der Waals surface area contributed by atoms with Crippen LogP contribution in [-0.4, -0.2) is 14.5 Å². The number of nitro benzene ring substituents is 1. The number of nitrogens with zero attached hydrogens (tertiary/aromatic N) is 3. The first-order valence-corrected chi connectivity index (χ1v) is 6.80. The predicted molar refractivity (Wildman–Crippen MR) is 78.0 cm³/mol. The van der Waals surface area contributed by atoms with Crippen molar-refractivity contribution in [3.63, 3.8) is 0 Å². The number of aromatic nitrogens is 2. The highest BCUT2D eigenvalue weighted by Crippen LogP contribution is 2.19. The Hall–Kier alpha value is -1.73. The smallest absolute Gasteiger partial charge is 0.272 e. The first kappa shape index (κ1) is 14.7. The van der Waals surface area contributed by atoms with Crippen LogP contribution in [0.25, 0.3) is 0 Å². The van der Waals surface area contributed by atoms with E-state index in [2.05, 4.69) is 20.9 Å². The van der Waals surface area contributed by atoms with E-state index in [1.54, 1.807) is 18.2 Å². The average molecular weight is 359 g/mol. The summed E-state index contributed by atoms with van der Waals surface area (Å²) in [6.45, 7) is 0.284. The molecule has 104 valence electrons. The predicted octanol–water partition coefficient (Wildman–Crippen LogP) is 2.81. The van der Waals surface area contributed by atoms with Gasteiger partial charge in [0.05, 0.1) is 11.3 Å². The Morgan fingerprint density at radius 3 is 2.80 bits per heavy atom. The van der Waals surface area contributed by atoms with Gasteiger partial charge in [0.1, 0.15) is 4.47 Å². The van der Waals surface area contributed by atoms with Gasteiger partial charge in [-0.3, -0.25) is 19.5 Å². The molecule has 0 N–H and O–H groups in total. The summed E-state index contributed by atoms with van der Waals surface area (Å²) in [5.74, 6) is 0. The third-order valence-electron chi connectivity index (χ3n) is 2.75. The molecule has 6 nitrogen and oxygen atoms in total. The van der Waals surface area contributed by atoms with Crippen LogP contribution in [0.5, 0.6) is 0 Å². The SMILES string of the molecule is O=c1c(Br)c(Cl)ncn1CCc1ccccc1[N+](=O)[O-]. The lowest BCUT2D eigenvalue weighted by Crippen LogP contribution is -2.22. The van der Waals surface area contributed by atoms with Gasteiger partial charge in [-0.25, -0.2) is 4.98 Å². The lowest BCUT2D eigenvalue weighted by Gasteiger charge is -2.06. The maximum atomic E-state index is 11.9. The van der Waals surface area contributed by atoms with Gasteiger partial charge < -0.3 is 0 Å². The van der Waals surface area contributed by atoms with Crippen LogP contribution in [0.1, 0.15) is 5.56 Å². The molecule has 8 heteroatoms. The van der Waals surface area contributed by atoms with Gasteiger partial charge in [0.25, 0.3) is 11.2 Å². The van der Waals surface area contributed by atoms with Crippen LogP contribution in [0.2, 0.25) is 5.15 Å². The second-order valence-corrected chi connectivity index (χ2v) is 5.13. The number of hydrogen-bond acceptors (Lipinski definition) is 4. The van der Waals surface area contributed by atoms with Crippen molar-refractivity contribution in [1.82, 2.24) is 9.55 Å². The molecule has 0 atom stereocenters. The molecular formula is C12H9BrClN3O3. The van der Waals surface area contributed by atoms with Gasteiger partial charge in [0, 0.05) is 18.2 Å². The van der Waals surface area contributed by atoms with E-state index in [0.717, 1.165) is 0 Å². The van der Waals surface area contributed by atoms with Crippen LogP contribution in [0, 0.1) is 10.1 Å². The van der Waals surface area contributed by atoms with Gasteiger partial charge >= 0.3 is 0 Å². The molecule has 0 saturated carbocycles. The Morgan fingerprint density at radius 2 is 2.10 bits per heavy atom. The number of hydrogen-bond donors (Lipinski definition) is 0. The molecule has 0 fully saturated rings. The van der Waals surface area contributed by atoms with Crippen molar-refractivity contribution in [2.45, 2.75) is 13.0 Å². The molecule has 0 aliphatic carbocycles. The molecule has 0 saturated heterocycles. The number of halogens is 2. The Morgan fingerprint density at radius 1 is 1.40 bits per heavy atom. The fourth-order valence-electron chi connectivity index (χ4n) is 1.74. The van der Waals surface area contributed by atoms with E-state index < -0.39 is 4.92 Å². The zero-order chi connectivity index (χ0) is 14.7. The van der Waals surface area contributed by atoms with Crippen LogP contribution in [0.3, 0.4) is 0 Å². The quantitative estimate of drug-likeness (QED) is 0.478. The summed E-state index contributed by atoms with van der Waals surface area (Å²) in [6.07, 6.45) is 1.68. The van der Waals surface area contributed by atoms with Crippen molar-refractivity contribution in [3.8, 4) is 0 Å². The van der Waals surface area contributed by atoms with Crippen LogP contribution in [-0.2, 0) is 13.0 Å². The standard InChI is InChI=1S/C12H9BrClN3O3/c13-10-11(14)15-7-16(12(10)18)6-5-8-3-1-2-4-9(8)17(19)20/h1-4,7H,5-6H2. The number of benzene rings is 1. The molecule has 0 amide bonds. The number of para-hydroxylation sites is 1. The maximum Gasteiger partial charge on any atom is 0.272 e. The Labute approximate surface area is 127 Å². The highest BCUT2D eigenvalue weighted by molar-refractivity contribution is 9.10. The summed E-state index contributed by atoms with van der Waals surface area (Å²) in [5.41, 5.74) is 0.292. The molecule has 1 heterocycles. The minimum atomic E-state index is -0.436. The Bertz CT molecular complexity index is 717. The molecule has 0 aliphatic rings. The molecule has 2 aromatic rings. The van der Waals surface area contributed by atoms with Crippen molar-refractivity contribution in [2.75, 3.05) is 0 Å². The molecule has 0 radical (unpaired) electrons. The minimum absolute atomic E-state index is 0.0431. The molecule has 1 aromatic heterocycles. The molecule has 0 aliphatic heterocycles. The second-order valence-electron chi connectivity index (χ2n) is 3.98. The van der Waals surface area contributed by atoms with E-state index >= 15 is 0 Å². The molecule has 2 rings (SSSR count). The molecule has 1 aromatic carbocycles. The Kier molecular flexibility index (Phi) is 4.51. The first-order valence-electron chi connectivity index (χ1n) is 5.63. The highest BCUT2D eigenvalue weighted by atomic mass is 79.9. The summed E-state index contributed by atoms with van der Waals surface area (Å²) in [5, 5.41) is 11.0. The number of nitro groups is 1. The van der Waals surface area contributed by atoms with Crippen molar-refractivity contribution in [2.24, 2.45) is 0 Å². The lowest BCUT2D eigenvalue weighted by atomic mass is 10.1. The van der Waals surface area contributed by atoms with Crippen molar-refractivity contribution in [1.29, 1.82) is 0 Å². The van der Waals surface area contributed by atoms with E-state index in [0.29, 0.717) is 12.0 Å².